The van der Waals surface area contributed by atoms with Gasteiger partial charge in [0.05, 0.1) is 20.3 Å². The number of nitrogens with one attached hydrogen (secondary N) is 1. The van der Waals surface area contributed by atoms with Crippen LogP contribution in [0.5, 0.6) is 11.5 Å². The number of hydrogen-bond acceptors (Lipinski definition) is 7. The van der Waals surface area contributed by atoms with E-state index >= 15 is 0 Å². The second-order valence-electron chi connectivity index (χ2n) is 5.67. The highest BCUT2D eigenvalue weighted by Gasteiger charge is 2.24. The maximum Gasteiger partial charge on any atom is 0.250 e. The Morgan fingerprint density at radius 2 is 1.92 bits per heavy atom. The van der Waals surface area contributed by atoms with E-state index in [9.17, 15) is 0 Å². The molecule has 1 fully saturated rings. The van der Waals surface area contributed by atoms with E-state index in [2.05, 4.69) is 27.4 Å². The first kappa shape index (κ1) is 19.2. The molecule has 1 aromatic carbocycles. The van der Waals surface area contributed by atoms with Crippen LogP contribution in [0, 0.1) is 0 Å². The number of ether oxygens (including phenoxy) is 2. The fourth-order valence-electron chi connectivity index (χ4n) is 2.64. The second kappa shape index (κ2) is 8.84. The number of rotatable bonds is 5. The second-order valence-corrected chi connectivity index (χ2v) is 5.67. The van der Waals surface area contributed by atoms with E-state index in [4.69, 9.17) is 14.0 Å². The monoisotopic (exact) mass is 366 g/mol. The lowest BCUT2D eigenvalue weighted by atomic mass is 10.2. The molecule has 1 aliphatic rings. The number of aromatic nitrogens is 2. The van der Waals surface area contributed by atoms with Crippen LogP contribution in [0.4, 0.5) is 0 Å². The fourth-order valence-corrected chi connectivity index (χ4v) is 2.64. The summed E-state index contributed by atoms with van der Waals surface area (Å²) in [5.41, 5.74) is 0.933. The van der Waals surface area contributed by atoms with Gasteiger partial charge in [-0.15, -0.1) is 12.4 Å². The molecule has 1 unspecified atom stereocenters. The van der Waals surface area contributed by atoms with Gasteiger partial charge in [-0.2, -0.15) is 4.98 Å². The van der Waals surface area contributed by atoms with Gasteiger partial charge in [-0.05, 0) is 30.8 Å². The van der Waals surface area contributed by atoms with Crippen molar-refractivity contribution in [2.45, 2.75) is 6.04 Å². The molecule has 25 heavy (non-hydrogen) atoms. The maximum absolute atomic E-state index is 5.34. The average molecular weight is 367 g/mol. The SMILES string of the molecule is COc1cc(/C=C/c2nc(C3CNCCN3C)no2)cc(OC)c1.Cl. The Morgan fingerprint density at radius 3 is 2.56 bits per heavy atom. The molecule has 1 saturated heterocycles. The molecule has 1 atom stereocenters. The number of methoxy groups -OCH3 is 2. The van der Waals surface area contributed by atoms with E-state index < -0.39 is 0 Å². The predicted molar refractivity (Wildman–Crippen MR) is 98.3 cm³/mol. The van der Waals surface area contributed by atoms with Crippen LogP contribution < -0.4 is 14.8 Å². The molecule has 0 bridgehead atoms. The molecule has 0 spiro atoms. The Kier molecular flexibility index (Phi) is 6.81. The van der Waals surface area contributed by atoms with Gasteiger partial charge in [0.2, 0.25) is 0 Å². The van der Waals surface area contributed by atoms with Gasteiger partial charge < -0.3 is 19.3 Å². The Morgan fingerprint density at radius 1 is 1.20 bits per heavy atom. The molecule has 1 aliphatic heterocycles. The van der Waals surface area contributed by atoms with Crippen molar-refractivity contribution in [2.24, 2.45) is 0 Å². The van der Waals surface area contributed by atoms with Crippen LogP contribution in [0.25, 0.3) is 12.2 Å². The molecular formula is C17H23ClN4O3. The number of halogens is 1. The van der Waals surface area contributed by atoms with E-state index in [0.717, 1.165) is 36.7 Å². The van der Waals surface area contributed by atoms with E-state index in [1.54, 1.807) is 20.3 Å². The van der Waals surface area contributed by atoms with Crippen molar-refractivity contribution in [3.63, 3.8) is 0 Å². The quantitative estimate of drug-likeness (QED) is 0.870. The van der Waals surface area contributed by atoms with Crippen LogP contribution in [0.2, 0.25) is 0 Å². The van der Waals surface area contributed by atoms with Crippen LogP contribution >= 0.6 is 12.4 Å². The van der Waals surface area contributed by atoms with Crippen molar-refractivity contribution in [3.05, 3.63) is 35.5 Å². The third-order valence-corrected chi connectivity index (χ3v) is 4.06. The zero-order valence-electron chi connectivity index (χ0n) is 14.6. The molecule has 2 aromatic rings. The lowest BCUT2D eigenvalue weighted by Crippen LogP contribution is -2.44. The lowest BCUT2D eigenvalue weighted by Gasteiger charge is -2.30. The topological polar surface area (TPSA) is 72.7 Å². The van der Waals surface area contributed by atoms with E-state index in [1.807, 2.05) is 24.3 Å². The highest BCUT2D eigenvalue weighted by Crippen LogP contribution is 2.24. The molecule has 0 amide bonds. The molecular weight excluding hydrogens is 344 g/mol. The first-order valence-corrected chi connectivity index (χ1v) is 7.85. The minimum absolute atomic E-state index is 0. The Hall–Kier alpha value is -2.09. The summed E-state index contributed by atoms with van der Waals surface area (Å²) < 4.78 is 15.9. The van der Waals surface area contributed by atoms with Gasteiger partial charge in [0, 0.05) is 31.8 Å². The summed E-state index contributed by atoms with van der Waals surface area (Å²) in [7, 11) is 5.32. The molecule has 0 aliphatic carbocycles. The Balaban J connectivity index is 0.00000225. The molecule has 8 heteroatoms. The standard InChI is InChI=1S/C17H22N4O3.ClH/c1-21-7-6-18-11-15(21)17-19-16(24-20-17)5-4-12-8-13(22-2)10-14(9-12)23-3;/h4-5,8-10,15,18H,6-7,11H2,1-3H3;1H/b5-4+;. The molecule has 3 rings (SSSR count). The summed E-state index contributed by atoms with van der Waals surface area (Å²) in [5.74, 6) is 2.64. The molecule has 7 nitrogen and oxygen atoms in total. The first-order valence-electron chi connectivity index (χ1n) is 7.85. The first-order chi connectivity index (χ1) is 11.7. The largest absolute Gasteiger partial charge is 0.497 e. The van der Waals surface area contributed by atoms with Gasteiger partial charge >= 0.3 is 0 Å². The van der Waals surface area contributed by atoms with Crippen molar-refractivity contribution in [1.82, 2.24) is 20.4 Å². The minimum atomic E-state index is 0. The Labute approximate surface area is 153 Å². The van der Waals surface area contributed by atoms with Gasteiger partial charge in [-0.1, -0.05) is 5.16 Å². The fraction of sp³-hybridized carbons (Fsp3) is 0.412. The number of benzene rings is 1. The normalized spacial score (nSPS) is 18.1. The highest BCUT2D eigenvalue weighted by atomic mass is 35.5. The van der Waals surface area contributed by atoms with E-state index in [-0.39, 0.29) is 18.4 Å². The van der Waals surface area contributed by atoms with Crippen molar-refractivity contribution < 1.29 is 14.0 Å². The summed E-state index contributed by atoms with van der Waals surface area (Å²) in [4.78, 5) is 6.70. The van der Waals surface area contributed by atoms with Gasteiger partial charge in [0.15, 0.2) is 5.82 Å². The third-order valence-electron chi connectivity index (χ3n) is 4.06. The van der Waals surface area contributed by atoms with E-state index in [0.29, 0.717) is 11.7 Å². The van der Waals surface area contributed by atoms with Gasteiger partial charge in [-0.3, -0.25) is 4.90 Å². The highest BCUT2D eigenvalue weighted by molar-refractivity contribution is 5.85. The summed E-state index contributed by atoms with van der Waals surface area (Å²) in [6.45, 7) is 2.77. The number of likely N-dealkylation sites (N-methyl/N-ethyl adjacent to an activating group) is 1. The summed E-state index contributed by atoms with van der Waals surface area (Å²) in [6, 6.07) is 5.79. The van der Waals surface area contributed by atoms with Crippen LogP contribution in [-0.2, 0) is 0 Å². The zero-order valence-corrected chi connectivity index (χ0v) is 15.4. The molecule has 136 valence electrons. The summed E-state index contributed by atoms with van der Waals surface area (Å²) >= 11 is 0. The zero-order chi connectivity index (χ0) is 16.9. The van der Waals surface area contributed by atoms with Crippen molar-refractivity contribution in [1.29, 1.82) is 0 Å². The number of nitrogens with zero attached hydrogens (tertiary/aromatic N) is 3. The molecule has 1 aromatic heterocycles. The van der Waals surface area contributed by atoms with Crippen molar-refractivity contribution in [3.8, 4) is 11.5 Å². The number of piperazine rings is 1. The van der Waals surface area contributed by atoms with Crippen molar-refractivity contribution >= 4 is 24.6 Å². The summed E-state index contributed by atoms with van der Waals surface area (Å²) in [6.07, 6.45) is 3.69. The molecule has 2 heterocycles. The van der Waals surface area contributed by atoms with Gasteiger partial charge in [-0.25, -0.2) is 0 Å². The number of hydrogen-bond donors (Lipinski definition) is 1. The smallest absolute Gasteiger partial charge is 0.250 e. The maximum atomic E-state index is 5.34. The average Bonchev–Trinajstić information content (AvgIpc) is 3.08. The molecule has 1 N–H and O–H groups in total. The predicted octanol–water partition coefficient (Wildman–Crippen LogP) is 2.26. The van der Waals surface area contributed by atoms with Crippen molar-refractivity contribution in [2.75, 3.05) is 40.9 Å². The van der Waals surface area contributed by atoms with Crippen LogP contribution in [0.15, 0.2) is 22.7 Å². The molecule has 0 radical (unpaired) electrons. The van der Waals surface area contributed by atoms with Crippen LogP contribution in [0.1, 0.15) is 23.3 Å². The minimum Gasteiger partial charge on any atom is -0.497 e. The third kappa shape index (κ3) is 4.72. The Bertz CT molecular complexity index is 697. The van der Waals surface area contributed by atoms with E-state index in [1.165, 1.54) is 0 Å². The molecule has 0 saturated carbocycles. The van der Waals surface area contributed by atoms with Crippen LogP contribution in [-0.4, -0.2) is 55.9 Å². The summed E-state index contributed by atoms with van der Waals surface area (Å²) in [5, 5.41) is 7.45. The van der Waals surface area contributed by atoms with Crippen LogP contribution in [0.3, 0.4) is 0 Å². The lowest BCUT2D eigenvalue weighted by molar-refractivity contribution is 0.190. The van der Waals surface area contributed by atoms with Gasteiger partial charge in [0.25, 0.3) is 5.89 Å². The van der Waals surface area contributed by atoms with Gasteiger partial charge in [0.1, 0.15) is 11.5 Å².